The third kappa shape index (κ3) is 5.21. The number of aryl methyl sites for hydroxylation is 1. The maximum atomic E-state index is 12.6. The first-order chi connectivity index (χ1) is 13.3. The predicted molar refractivity (Wildman–Crippen MR) is 108 cm³/mol. The van der Waals surface area contributed by atoms with Crippen LogP contribution in [0.2, 0.25) is 10.0 Å². The average Bonchev–Trinajstić information content (AvgIpc) is 2.66. The summed E-state index contributed by atoms with van der Waals surface area (Å²) in [6, 6.07) is 6.77. The van der Waals surface area contributed by atoms with Crippen LogP contribution >= 0.6 is 23.2 Å². The van der Waals surface area contributed by atoms with Gasteiger partial charge in [0.15, 0.2) is 5.78 Å². The molecule has 1 N–H and O–H groups in total. The molecule has 2 rings (SSSR count). The van der Waals surface area contributed by atoms with E-state index in [4.69, 9.17) is 32.7 Å². The Bertz CT molecular complexity index is 932. The van der Waals surface area contributed by atoms with Gasteiger partial charge in [0, 0.05) is 17.2 Å². The number of methoxy groups -OCH3 is 2. The molecule has 0 aromatic heterocycles. The molecule has 0 heterocycles. The Morgan fingerprint density at radius 3 is 2.39 bits per heavy atom. The van der Waals surface area contributed by atoms with Crippen molar-refractivity contribution in [2.45, 2.75) is 19.9 Å². The van der Waals surface area contributed by atoms with Crippen molar-refractivity contribution >= 4 is 46.3 Å². The van der Waals surface area contributed by atoms with E-state index in [9.17, 15) is 9.59 Å². The summed E-state index contributed by atoms with van der Waals surface area (Å²) < 4.78 is 10.3. The van der Waals surface area contributed by atoms with Gasteiger partial charge in [-0.3, -0.25) is 9.59 Å². The van der Waals surface area contributed by atoms with Crippen molar-refractivity contribution in [3.05, 3.63) is 45.9 Å². The summed E-state index contributed by atoms with van der Waals surface area (Å²) in [6.45, 7) is 3.10. The number of hydrogen-bond acceptors (Lipinski definition) is 6. The third-order valence-corrected chi connectivity index (χ3v) is 4.60. The van der Waals surface area contributed by atoms with Gasteiger partial charge in [-0.05, 0) is 31.5 Å². The smallest absolute Gasteiger partial charge is 0.258 e. The fourth-order valence-electron chi connectivity index (χ4n) is 2.22. The number of hydrogen-bond donors (Lipinski definition) is 1. The van der Waals surface area contributed by atoms with E-state index in [-0.39, 0.29) is 10.7 Å². The van der Waals surface area contributed by atoms with Crippen LogP contribution in [0.1, 0.15) is 12.5 Å². The lowest BCUT2D eigenvalue weighted by Gasteiger charge is -2.14. The summed E-state index contributed by atoms with van der Waals surface area (Å²) in [4.78, 5) is 24.5. The minimum atomic E-state index is -1.35. The highest BCUT2D eigenvalue weighted by Crippen LogP contribution is 2.36. The first kappa shape index (κ1) is 21.7. The second kappa shape index (κ2) is 9.52. The monoisotopic (exact) mass is 423 g/mol. The zero-order valence-electron chi connectivity index (χ0n) is 15.7. The van der Waals surface area contributed by atoms with E-state index in [0.29, 0.717) is 22.2 Å². The van der Waals surface area contributed by atoms with Crippen molar-refractivity contribution in [1.82, 2.24) is 0 Å². The third-order valence-electron chi connectivity index (χ3n) is 3.80. The van der Waals surface area contributed by atoms with Crippen molar-refractivity contribution in [2.75, 3.05) is 19.5 Å². The van der Waals surface area contributed by atoms with Gasteiger partial charge in [0.25, 0.3) is 5.91 Å². The van der Waals surface area contributed by atoms with Crippen molar-refractivity contribution in [3.63, 3.8) is 0 Å². The van der Waals surface area contributed by atoms with Crippen LogP contribution in [0.4, 0.5) is 11.4 Å². The zero-order chi connectivity index (χ0) is 20.8. The number of ketones is 1. The van der Waals surface area contributed by atoms with Crippen molar-refractivity contribution in [2.24, 2.45) is 10.2 Å². The highest BCUT2D eigenvalue weighted by Gasteiger charge is 2.25. The molecule has 2 aromatic carbocycles. The SMILES string of the molecule is COc1cc(NC(=O)C(N=Nc2ccc(C)c(Cl)c2)C(C)=O)c(Cl)c(OC)c1. The van der Waals surface area contributed by atoms with Gasteiger partial charge in [-0.1, -0.05) is 29.3 Å². The fourth-order valence-corrected chi connectivity index (χ4v) is 2.63. The Kier molecular flexibility index (Phi) is 7.37. The number of nitrogens with zero attached hydrogens (tertiary/aromatic N) is 2. The molecule has 148 valence electrons. The lowest BCUT2D eigenvalue weighted by atomic mass is 10.2. The number of ether oxygens (including phenoxy) is 2. The molecule has 0 radical (unpaired) electrons. The standard InChI is InChI=1S/C19H19Cl2N3O4/c1-10-5-6-12(7-14(10)20)23-24-18(11(2)25)19(26)22-15-8-13(27-3)9-16(28-4)17(15)21/h5-9,18H,1-4H3,(H,22,26). The van der Waals surface area contributed by atoms with Gasteiger partial charge < -0.3 is 14.8 Å². The topological polar surface area (TPSA) is 89.4 Å². The molecule has 0 aliphatic heterocycles. The van der Waals surface area contributed by atoms with Crippen LogP contribution in [0, 0.1) is 6.92 Å². The summed E-state index contributed by atoms with van der Waals surface area (Å²) in [6.07, 6.45) is 0. The summed E-state index contributed by atoms with van der Waals surface area (Å²) in [5, 5.41) is 11.1. The number of anilines is 1. The normalized spacial score (nSPS) is 11.9. The maximum Gasteiger partial charge on any atom is 0.258 e. The number of carbonyl (C=O) groups excluding carboxylic acids is 2. The Morgan fingerprint density at radius 1 is 1.11 bits per heavy atom. The van der Waals surface area contributed by atoms with Crippen LogP contribution in [0.3, 0.4) is 0 Å². The molecule has 1 atom stereocenters. The maximum absolute atomic E-state index is 12.6. The highest BCUT2D eigenvalue weighted by molar-refractivity contribution is 6.35. The summed E-state index contributed by atoms with van der Waals surface area (Å²) >= 11 is 12.3. The largest absolute Gasteiger partial charge is 0.497 e. The molecule has 1 unspecified atom stereocenters. The second-order valence-corrected chi connectivity index (χ2v) is 6.63. The van der Waals surface area contributed by atoms with Crippen LogP contribution in [-0.2, 0) is 9.59 Å². The molecule has 0 bridgehead atoms. The van der Waals surface area contributed by atoms with Gasteiger partial charge in [0.1, 0.15) is 16.5 Å². The Labute approximate surface area is 172 Å². The number of azo groups is 1. The molecule has 2 aromatic rings. The van der Waals surface area contributed by atoms with E-state index >= 15 is 0 Å². The van der Waals surface area contributed by atoms with Crippen molar-refractivity contribution < 1.29 is 19.1 Å². The summed E-state index contributed by atoms with van der Waals surface area (Å²) in [5.74, 6) is -0.435. The minimum absolute atomic E-state index is 0.168. The number of nitrogens with one attached hydrogen (secondary N) is 1. The fraction of sp³-hybridized carbons (Fsp3) is 0.263. The van der Waals surface area contributed by atoms with Crippen LogP contribution in [0.5, 0.6) is 11.5 Å². The average molecular weight is 424 g/mol. The highest BCUT2D eigenvalue weighted by atomic mass is 35.5. The molecule has 28 heavy (non-hydrogen) atoms. The molecule has 1 amide bonds. The lowest BCUT2D eigenvalue weighted by molar-refractivity contribution is -0.126. The molecule has 0 aliphatic carbocycles. The molecule has 0 aliphatic rings. The number of halogens is 2. The molecular formula is C19H19Cl2N3O4. The Balaban J connectivity index is 2.27. The van der Waals surface area contributed by atoms with Gasteiger partial charge >= 0.3 is 0 Å². The second-order valence-electron chi connectivity index (χ2n) is 5.84. The molecule has 0 fully saturated rings. The summed E-state index contributed by atoms with van der Waals surface area (Å²) in [5.41, 5.74) is 1.53. The molecule has 0 saturated heterocycles. The van der Waals surface area contributed by atoms with Crippen LogP contribution < -0.4 is 14.8 Å². The van der Waals surface area contributed by atoms with Gasteiger partial charge in [0.2, 0.25) is 6.04 Å². The van der Waals surface area contributed by atoms with Crippen LogP contribution in [-0.4, -0.2) is 32.0 Å². The van der Waals surface area contributed by atoms with Crippen LogP contribution in [0.15, 0.2) is 40.6 Å². The first-order valence-corrected chi connectivity index (χ1v) is 8.92. The molecule has 0 spiro atoms. The van der Waals surface area contributed by atoms with E-state index in [0.717, 1.165) is 5.56 Å². The number of amides is 1. The van der Waals surface area contributed by atoms with Gasteiger partial charge in [-0.25, -0.2) is 0 Å². The van der Waals surface area contributed by atoms with E-state index < -0.39 is 17.7 Å². The van der Waals surface area contributed by atoms with E-state index in [1.165, 1.54) is 27.2 Å². The number of Topliss-reactive ketones (excluding diaryl/α,β-unsaturated/α-hetero) is 1. The lowest BCUT2D eigenvalue weighted by Crippen LogP contribution is -2.32. The van der Waals surface area contributed by atoms with E-state index in [2.05, 4.69) is 15.5 Å². The van der Waals surface area contributed by atoms with Gasteiger partial charge in [0.05, 0.1) is 25.6 Å². The molecule has 7 nitrogen and oxygen atoms in total. The molecular weight excluding hydrogens is 405 g/mol. The van der Waals surface area contributed by atoms with E-state index in [1.54, 1.807) is 24.3 Å². The van der Waals surface area contributed by atoms with Crippen molar-refractivity contribution in [3.8, 4) is 11.5 Å². The number of carbonyl (C=O) groups is 2. The number of benzene rings is 2. The van der Waals surface area contributed by atoms with Crippen LogP contribution in [0.25, 0.3) is 0 Å². The molecule has 9 heteroatoms. The Hall–Kier alpha value is -2.64. The van der Waals surface area contributed by atoms with Crippen molar-refractivity contribution in [1.29, 1.82) is 0 Å². The zero-order valence-corrected chi connectivity index (χ0v) is 17.3. The Morgan fingerprint density at radius 2 is 1.82 bits per heavy atom. The van der Waals surface area contributed by atoms with Gasteiger partial charge in [-0.2, -0.15) is 10.2 Å². The van der Waals surface area contributed by atoms with E-state index in [1.807, 2.05) is 6.92 Å². The summed E-state index contributed by atoms with van der Waals surface area (Å²) in [7, 11) is 2.90. The molecule has 0 saturated carbocycles. The quantitative estimate of drug-likeness (QED) is 0.501. The minimum Gasteiger partial charge on any atom is -0.497 e. The first-order valence-electron chi connectivity index (χ1n) is 8.16. The van der Waals surface area contributed by atoms with Gasteiger partial charge in [-0.15, -0.1) is 0 Å². The number of rotatable bonds is 7. The predicted octanol–water partition coefficient (Wildman–Crippen LogP) is 5.00.